The van der Waals surface area contributed by atoms with Crippen LogP contribution in [0.5, 0.6) is 0 Å². The first kappa shape index (κ1) is 16.7. The number of rotatable bonds is 4. The summed E-state index contributed by atoms with van der Waals surface area (Å²) in [4.78, 5) is 12.5. The molecular formula is C19H23Cl2NO2. The summed E-state index contributed by atoms with van der Waals surface area (Å²) in [5.74, 6) is 2.79. The molecule has 3 nitrogen and oxygen atoms in total. The van der Waals surface area contributed by atoms with Gasteiger partial charge in [0.1, 0.15) is 0 Å². The van der Waals surface area contributed by atoms with Crippen molar-refractivity contribution in [3.63, 3.8) is 0 Å². The van der Waals surface area contributed by atoms with Crippen LogP contribution in [0.3, 0.4) is 0 Å². The third kappa shape index (κ3) is 2.65. The highest BCUT2D eigenvalue weighted by molar-refractivity contribution is 6.42. The second-order valence-corrected chi connectivity index (χ2v) is 8.59. The van der Waals surface area contributed by atoms with Crippen LogP contribution in [0.1, 0.15) is 42.5 Å². The molecule has 0 heterocycles. The summed E-state index contributed by atoms with van der Waals surface area (Å²) in [5, 5.41) is 3.96. The molecule has 1 aromatic carbocycles. The van der Waals surface area contributed by atoms with Crippen LogP contribution in [-0.2, 0) is 4.74 Å². The Kier molecular flexibility index (Phi) is 4.30. The number of methoxy groups -OCH3 is 1. The first-order valence-electron chi connectivity index (χ1n) is 8.80. The van der Waals surface area contributed by atoms with Gasteiger partial charge in [-0.2, -0.15) is 0 Å². The first-order chi connectivity index (χ1) is 11.5. The Morgan fingerprint density at radius 1 is 1.12 bits per heavy atom. The van der Waals surface area contributed by atoms with Crippen molar-refractivity contribution in [3.05, 3.63) is 33.8 Å². The molecule has 5 rings (SSSR count). The number of ether oxygens (including phenoxy) is 1. The molecule has 5 heteroatoms. The summed E-state index contributed by atoms with van der Waals surface area (Å²) in [6.45, 7) is 0.581. The maximum atomic E-state index is 12.5. The summed E-state index contributed by atoms with van der Waals surface area (Å²) in [6.07, 6.45) is 6.42. The molecule has 0 aliphatic heterocycles. The Hall–Kier alpha value is -0.770. The van der Waals surface area contributed by atoms with Gasteiger partial charge < -0.3 is 10.1 Å². The van der Waals surface area contributed by atoms with E-state index in [1.165, 1.54) is 32.1 Å². The quantitative estimate of drug-likeness (QED) is 0.846. The highest BCUT2D eigenvalue weighted by Crippen LogP contribution is 2.59. The Morgan fingerprint density at radius 2 is 1.75 bits per heavy atom. The zero-order valence-electron chi connectivity index (χ0n) is 13.9. The summed E-state index contributed by atoms with van der Waals surface area (Å²) in [5.41, 5.74) is 0.346. The lowest BCUT2D eigenvalue weighted by Crippen LogP contribution is -2.63. The number of hydrogen-bond donors (Lipinski definition) is 1. The standard InChI is InChI=1S/C19H23Cl2NO2/c1-24-19(14-5-11-4-12(7-14)8-15(19)6-11)10-22-18(23)13-2-3-16(20)17(21)9-13/h2-3,9,11-12,14-15H,4-8,10H2,1H3,(H,22,23). The lowest BCUT2D eigenvalue weighted by atomic mass is 9.49. The van der Waals surface area contributed by atoms with Crippen LogP contribution in [0, 0.1) is 23.7 Å². The van der Waals surface area contributed by atoms with Gasteiger partial charge in [0, 0.05) is 19.2 Å². The molecule has 24 heavy (non-hydrogen) atoms. The fourth-order valence-electron chi connectivity index (χ4n) is 5.63. The minimum atomic E-state index is -0.195. The molecule has 1 amide bonds. The lowest BCUT2D eigenvalue weighted by molar-refractivity contribution is -0.186. The number of hydrogen-bond acceptors (Lipinski definition) is 2. The van der Waals surface area contributed by atoms with Gasteiger partial charge in [-0.3, -0.25) is 4.79 Å². The molecule has 1 N–H and O–H groups in total. The first-order valence-corrected chi connectivity index (χ1v) is 9.56. The molecule has 0 unspecified atom stereocenters. The fraction of sp³-hybridized carbons (Fsp3) is 0.632. The van der Waals surface area contributed by atoms with Crippen LogP contribution >= 0.6 is 23.2 Å². The average molecular weight is 368 g/mol. The Labute approximate surface area is 153 Å². The predicted molar refractivity (Wildman–Crippen MR) is 95.6 cm³/mol. The largest absolute Gasteiger partial charge is 0.376 e. The topological polar surface area (TPSA) is 38.3 Å². The molecule has 4 fully saturated rings. The summed E-state index contributed by atoms with van der Waals surface area (Å²) < 4.78 is 6.08. The van der Waals surface area contributed by atoms with Crippen LogP contribution in [-0.4, -0.2) is 25.2 Å². The number of benzene rings is 1. The zero-order valence-corrected chi connectivity index (χ0v) is 15.4. The van der Waals surface area contributed by atoms with Crippen LogP contribution in [0.2, 0.25) is 10.0 Å². The van der Waals surface area contributed by atoms with E-state index in [1.54, 1.807) is 18.2 Å². The normalized spacial score (nSPS) is 36.8. The summed E-state index contributed by atoms with van der Waals surface area (Å²) in [7, 11) is 1.81. The second kappa shape index (κ2) is 6.19. The van der Waals surface area contributed by atoms with Gasteiger partial charge in [0.05, 0.1) is 15.6 Å². The fourth-order valence-corrected chi connectivity index (χ4v) is 5.93. The van der Waals surface area contributed by atoms with Crippen molar-refractivity contribution < 1.29 is 9.53 Å². The highest BCUT2D eigenvalue weighted by atomic mass is 35.5. The van der Waals surface area contributed by atoms with Crippen molar-refractivity contribution in [2.24, 2.45) is 23.7 Å². The van der Waals surface area contributed by atoms with Gasteiger partial charge in [0.25, 0.3) is 5.91 Å². The Balaban J connectivity index is 1.49. The maximum absolute atomic E-state index is 12.5. The third-order valence-corrected chi connectivity index (χ3v) is 7.35. The van der Waals surface area contributed by atoms with Crippen molar-refractivity contribution in [2.75, 3.05) is 13.7 Å². The van der Waals surface area contributed by atoms with Gasteiger partial charge in [-0.15, -0.1) is 0 Å². The lowest BCUT2D eigenvalue weighted by Gasteiger charge is -2.60. The van der Waals surface area contributed by atoms with Crippen molar-refractivity contribution in [2.45, 2.75) is 37.7 Å². The van der Waals surface area contributed by atoms with E-state index in [2.05, 4.69) is 5.32 Å². The van der Waals surface area contributed by atoms with E-state index >= 15 is 0 Å². The molecule has 4 bridgehead atoms. The maximum Gasteiger partial charge on any atom is 0.251 e. The summed E-state index contributed by atoms with van der Waals surface area (Å²) in [6, 6.07) is 4.99. The molecule has 4 aliphatic rings. The van der Waals surface area contributed by atoms with E-state index in [0.717, 1.165) is 11.8 Å². The number of amides is 1. The molecule has 0 spiro atoms. The molecule has 0 atom stereocenters. The van der Waals surface area contributed by atoms with Crippen molar-refractivity contribution in [3.8, 4) is 0 Å². The van der Waals surface area contributed by atoms with Gasteiger partial charge in [0.15, 0.2) is 0 Å². The van der Waals surface area contributed by atoms with Crippen LogP contribution in [0.15, 0.2) is 18.2 Å². The third-order valence-electron chi connectivity index (χ3n) is 6.61. The van der Waals surface area contributed by atoms with Crippen molar-refractivity contribution >= 4 is 29.1 Å². The van der Waals surface area contributed by atoms with Gasteiger partial charge in [0.2, 0.25) is 0 Å². The predicted octanol–water partition coefficient (Wildman–Crippen LogP) is 4.56. The van der Waals surface area contributed by atoms with Gasteiger partial charge >= 0.3 is 0 Å². The molecule has 1 aromatic rings. The van der Waals surface area contributed by atoms with Crippen molar-refractivity contribution in [1.29, 1.82) is 0 Å². The van der Waals surface area contributed by atoms with Crippen LogP contribution in [0.4, 0.5) is 0 Å². The van der Waals surface area contributed by atoms with Crippen LogP contribution in [0.25, 0.3) is 0 Å². The zero-order chi connectivity index (χ0) is 16.9. The highest BCUT2D eigenvalue weighted by Gasteiger charge is 2.57. The van der Waals surface area contributed by atoms with Crippen LogP contribution < -0.4 is 5.32 Å². The monoisotopic (exact) mass is 367 g/mol. The van der Waals surface area contributed by atoms with Gasteiger partial charge in [-0.25, -0.2) is 0 Å². The minimum absolute atomic E-state index is 0.112. The second-order valence-electron chi connectivity index (χ2n) is 7.78. The number of nitrogens with one attached hydrogen (secondary N) is 1. The number of halogens is 2. The van der Waals surface area contributed by atoms with E-state index in [-0.39, 0.29) is 11.5 Å². The van der Waals surface area contributed by atoms with Gasteiger partial charge in [-0.1, -0.05) is 23.2 Å². The molecule has 0 radical (unpaired) electrons. The number of carbonyl (C=O) groups is 1. The van der Waals surface area contributed by atoms with E-state index in [9.17, 15) is 4.79 Å². The molecule has 130 valence electrons. The minimum Gasteiger partial charge on any atom is -0.376 e. The molecule has 4 saturated carbocycles. The molecule has 0 saturated heterocycles. The molecule has 0 aromatic heterocycles. The van der Waals surface area contributed by atoms with Crippen molar-refractivity contribution in [1.82, 2.24) is 5.32 Å². The smallest absolute Gasteiger partial charge is 0.251 e. The average Bonchev–Trinajstić information content (AvgIpc) is 2.56. The van der Waals surface area contributed by atoms with E-state index in [0.29, 0.717) is 34.0 Å². The van der Waals surface area contributed by atoms with E-state index in [4.69, 9.17) is 27.9 Å². The van der Waals surface area contributed by atoms with E-state index < -0.39 is 0 Å². The molecular weight excluding hydrogens is 345 g/mol. The Morgan fingerprint density at radius 3 is 2.29 bits per heavy atom. The summed E-state index contributed by atoms with van der Waals surface area (Å²) >= 11 is 12.0. The van der Waals surface area contributed by atoms with Gasteiger partial charge in [-0.05, 0) is 74.0 Å². The Bertz CT molecular complexity index is 633. The molecule has 4 aliphatic carbocycles. The van der Waals surface area contributed by atoms with E-state index in [1.807, 2.05) is 7.11 Å². The number of carbonyl (C=O) groups excluding carboxylic acids is 1. The SMILES string of the molecule is COC1(CNC(=O)c2ccc(Cl)c(Cl)c2)C2CC3CC(C2)CC1C3.